The average molecular weight is 258 g/mol. The summed E-state index contributed by atoms with van der Waals surface area (Å²) in [6.07, 6.45) is 5.21. The van der Waals surface area contributed by atoms with Crippen LogP contribution in [0.15, 0.2) is 6.20 Å². The minimum absolute atomic E-state index is 0.0575. The van der Waals surface area contributed by atoms with Crippen LogP contribution in [0, 0.1) is 5.82 Å². The van der Waals surface area contributed by atoms with Gasteiger partial charge in [-0.2, -0.15) is 4.98 Å². The first kappa shape index (κ1) is 11.2. The van der Waals surface area contributed by atoms with Crippen molar-refractivity contribution < 1.29 is 9.13 Å². The molecule has 0 amide bonds. The van der Waals surface area contributed by atoms with Gasteiger partial charge in [0.05, 0.1) is 18.4 Å². The molecule has 1 saturated carbocycles. The molecule has 2 aliphatic rings. The van der Waals surface area contributed by atoms with Crippen molar-refractivity contribution in [1.29, 1.82) is 0 Å². The van der Waals surface area contributed by atoms with Crippen LogP contribution in [0.1, 0.15) is 25.7 Å². The van der Waals surface area contributed by atoms with Crippen molar-refractivity contribution in [2.24, 2.45) is 0 Å². The van der Waals surface area contributed by atoms with Crippen LogP contribution in [0.2, 0.25) is 5.28 Å². The van der Waals surface area contributed by atoms with Gasteiger partial charge in [-0.15, -0.1) is 0 Å². The molecule has 1 aromatic heterocycles. The highest BCUT2D eigenvalue weighted by Gasteiger charge is 2.48. The Bertz CT molecular complexity index is 439. The maximum absolute atomic E-state index is 13.5. The molecule has 1 aromatic rings. The third-order valence-electron chi connectivity index (χ3n) is 3.41. The summed E-state index contributed by atoms with van der Waals surface area (Å²) in [6, 6.07) is 0.201. The molecule has 1 saturated heterocycles. The lowest BCUT2D eigenvalue weighted by Crippen LogP contribution is -2.32. The van der Waals surface area contributed by atoms with Crippen LogP contribution >= 0.6 is 11.6 Å². The lowest BCUT2D eigenvalue weighted by molar-refractivity contribution is 0.226. The Morgan fingerprint density at radius 1 is 1.59 bits per heavy atom. The average Bonchev–Trinajstić information content (AvgIpc) is 3.03. The maximum Gasteiger partial charge on any atom is 0.224 e. The molecule has 92 valence electrons. The summed E-state index contributed by atoms with van der Waals surface area (Å²) < 4.78 is 18.9. The molecular weight excluding hydrogens is 245 g/mol. The van der Waals surface area contributed by atoms with Gasteiger partial charge in [0.25, 0.3) is 0 Å². The Balaban J connectivity index is 1.71. The molecule has 2 fully saturated rings. The van der Waals surface area contributed by atoms with Crippen molar-refractivity contribution in [2.75, 3.05) is 11.9 Å². The van der Waals surface area contributed by atoms with Gasteiger partial charge in [-0.3, -0.25) is 0 Å². The van der Waals surface area contributed by atoms with Gasteiger partial charge in [0.1, 0.15) is 0 Å². The number of hydrogen-bond acceptors (Lipinski definition) is 4. The van der Waals surface area contributed by atoms with Crippen molar-refractivity contribution in [1.82, 2.24) is 9.97 Å². The van der Waals surface area contributed by atoms with E-state index in [9.17, 15) is 4.39 Å². The number of aromatic nitrogens is 2. The molecule has 6 heteroatoms. The predicted molar refractivity (Wildman–Crippen MR) is 61.6 cm³/mol. The molecular formula is C11H13ClFN3O. The second-order valence-corrected chi connectivity index (χ2v) is 5.08. The van der Waals surface area contributed by atoms with Gasteiger partial charge in [-0.05, 0) is 37.3 Å². The largest absolute Gasteiger partial charge is 0.370 e. The van der Waals surface area contributed by atoms with Gasteiger partial charge in [0.15, 0.2) is 11.6 Å². The van der Waals surface area contributed by atoms with Crippen LogP contribution in [0.3, 0.4) is 0 Å². The van der Waals surface area contributed by atoms with E-state index in [1.807, 2.05) is 0 Å². The van der Waals surface area contributed by atoms with Crippen molar-refractivity contribution >= 4 is 17.4 Å². The van der Waals surface area contributed by atoms with Gasteiger partial charge in [0, 0.05) is 6.04 Å². The van der Waals surface area contributed by atoms with Crippen molar-refractivity contribution in [3.8, 4) is 0 Å². The maximum atomic E-state index is 13.5. The summed E-state index contributed by atoms with van der Waals surface area (Å²) in [5, 5.41) is 3.15. The minimum Gasteiger partial charge on any atom is -0.370 e. The lowest BCUT2D eigenvalue weighted by atomic mass is 9.86. The Kier molecular flexibility index (Phi) is 2.67. The summed E-state index contributed by atoms with van der Waals surface area (Å²) in [4.78, 5) is 7.45. The van der Waals surface area contributed by atoms with E-state index in [1.165, 1.54) is 0 Å². The number of ether oxygens (including phenoxy) is 1. The first-order valence-corrected chi connectivity index (χ1v) is 6.13. The smallest absolute Gasteiger partial charge is 0.224 e. The van der Waals surface area contributed by atoms with Gasteiger partial charge >= 0.3 is 0 Å². The highest BCUT2D eigenvalue weighted by molar-refractivity contribution is 6.28. The van der Waals surface area contributed by atoms with E-state index in [2.05, 4.69) is 15.3 Å². The number of rotatable bonds is 2. The molecule has 2 heterocycles. The number of anilines is 1. The first-order valence-electron chi connectivity index (χ1n) is 5.75. The zero-order valence-electron chi connectivity index (χ0n) is 9.25. The van der Waals surface area contributed by atoms with E-state index >= 15 is 0 Å². The van der Waals surface area contributed by atoms with E-state index in [1.54, 1.807) is 0 Å². The Morgan fingerprint density at radius 3 is 3.18 bits per heavy atom. The molecule has 2 atom stereocenters. The first-order chi connectivity index (χ1) is 8.17. The quantitative estimate of drug-likeness (QED) is 0.653. The van der Waals surface area contributed by atoms with Gasteiger partial charge in [-0.25, -0.2) is 9.37 Å². The molecule has 0 aromatic carbocycles. The van der Waals surface area contributed by atoms with Crippen molar-refractivity contribution in [2.45, 2.75) is 37.3 Å². The zero-order valence-corrected chi connectivity index (χ0v) is 10.0. The third-order valence-corrected chi connectivity index (χ3v) is 3.59. The zero-order chi connectivity index (χ0) is 11.9. The highest BCUT2D eigenvalue weighted by atomic mass is 35.5. The predicted octanol–water partition coefficient (Wildman–Crippen LogP) is 2.39. The lowest BCUT2D eigenvalue weighted by Gasteiger charge is -2.28. The van der Waals surface area contributed by atoms with E-state index in [4.69, 9.17) is 16.3 Å². The Labute approximate surface area is 104 Å². The fraction of sp³-hybridized carbons (Fsp3) is 0.636. The molecule has 1 spiro atoms. The molecule has 4 nitrogen and oxygen atoms in total. The molecule has 3 rings (SSSR count). The van der Waals surface area contributed by atoms with E-state index < -0.39 is 5.82 Å². The summed E-state index contributed by atoms with van der Waals surface area (Å²) in [6.45, 7) is 0.832. The molecule has 1 aliphatic carbocycles. The Hall–Kier alpha value is -0.940. The fourth-order valence-electron chi connectivity index (χ4n) is 2.45. The van der Waals surface area contributed by atoms with Crippen molar-refractivity contribution in [3.05, 3.63) is 17.3 Å². The van der Waals surface area contributed by atoms with Crippen molar-refractivity contribution in [3.63, 3.8) is 0 Å². The molecule has 1 N–H and O–H groups in total. The number of nitrogens with one attached hydrogen (secondary N) is 1. The summed E-state index contributed by atoms with van der Waals surface area (Å²) in [5.41, 5.74) is 0.0587. The standard InChI is InChI=1S/C11H13ClFN3O/c12-10-14-5-8(13)9(16-10)15-7-2-1-3-11(4-7)6-17-11/h5,7H,1-4,6H2,(H,14,15,16)/t7?,11-/m1/s1. The summed E-state index contributed by atoms with van der Waals surface area (Å²) in [7, 11) is 0. The third kappa shape index (κ3) is 2.35. The van der Waals surface area contributed by atoms with Crippen LogP contribution in [0.5, 0.6) is 0 Å². The normalized spacial score (nSPS) is 31.5. The number of halogens is 2. The molecule has 1 unspecified atom stereocenters. The van der Waals surface area contributed by atoms with Gasteiger partial charge in [0.2, 0.25) is 5.28 Å². The van der Waals surface area contributed by atoms with Crippen LogP contribution in [-0.4, -0.2) is 28.2 Å². The van der Waals surface area contributed by atoms with Crippen LogP contribution in [0.25, 0.3) is 0 Å². The SMILES string of the molecule is Fc1cnc(Cl)nc1NC1CCC[C@]2(CO2)C1. The highest BCUT2D eigenvalue weighted by Crippen LogP contribution is 2.42. The van der Waals surface area contributed by atoms with Crippen LogP contribution in [-0.2, 0) is 4.74 Å². The van der Waals surface area contributed by atoms with Gasteiger partial charge < -0.3 is 10.1 Å². The fourth-order valence-corrected chi connectivity index (χ4v) is 2.58. The molecule has 0 radical (unpaired) electrons. The Morgan fingerprint density at radius 2 is 2.41 bits per heavy atom. The number of hydrogen-bond donors (Lipinski definition) is 1. The van der Waals surface area contributed by atoms with E-state index in [-0.39, 0.29) is 22.7 Å². The van der Waals surface area contributed by atoms with E-state index in [0.29, 0.717) is 0 Å². The monoisotopic (exact) mass is 257 g/mol. The van der Waals surface area contributed by atoms with E-state index in [0.717, 1.165) is 38.5 Å². The van der Waals surface area contributed by atoms with Gasteiger partial charge in [-0.1, -0.05) is 0 Å². The summed E-state index contributed by atoms with van der Waals surface area (Å²) in [5.74, 6) is -0.279. The second kappa shape index (κ2) is 4.07. The molecule has 17 heavy (non-hydrogen) atoms. The number of nitrogens with zero attached hydrogens (tertiary/aromatic N) is 2. The van der Waals surface area contributed by atoms with Crippen LogP contribution in [0.4, 0.5) is 10.2 Å². The molecule has 1 aliphatic heterocycles. The summed E-state index contributed by atoms with van der Waals surface area (Å²) >= 11 is 5.65. The topological polar surface area (TPSA) is 50.3 Å². The molecule has 0 bridgehead atoms. The second-order valence-electron chi connectivity index (χ2n) is 4.74. The number of epoxide rings is 1. The van der Waals surface area contributed by atoms with Crippen LogP contribution < -0.4 is 5.32 Å². The minimum atomic E-state index is -0.467.